The van der Waals surface area contributed by atoms with Crippen molar-refractivity contribution in [2.24, 2.45) is 16.6 Å². The highest BCUT2D eigenvalue weighted by Crippen LogP contribution is 2.37. The summed E-state index contributed by atoms with van der Waals surface area (Å²) in [5.41, 5.74) is 5.42. The van der Waals surface area contributed by atoms with Crippen molar-refractivity contribution in [3.63, 3.8) is 0 Å². The molecule has 2 heterocycles. The van der Waals surface area contributed by atoms with Gasteiger partial charge in [-0.15, -0.1) is 11.3 Å². The number of alkyl halides is 3. The third-order valence-corrected chi connectivity index (χ3v) is 4.02. The summed E-state index contributed by atoms with van der Waals surface area (Å²) in [4.78, 5) is 5.08. The Balaban J connectivity index is 1.77. The van der Waals surface area contributed by atoms with Crippen molar-refractivity contribution in [3.8, 4) is 0 Å². The topological polar surface area (TPSA) is 50.4 Å². The number of aliphatic imine (C=N–C) groups is 1. The monoisotopic (exact) mass is 291 g/mol. The first-order chi connectivity index (χ1) is 8.97. The SMILES string of the molecule is NC1=N[C@@H](CCNCc2cccs2)C(C(F)(F)F)C1. The second-order valence-corrected chi connectivity index (χ2v) is 5.62. The summed E-state index contributed by atoms with van der Waals surface area (Å²) in [5.74, 6) is -1.30. The van der Waals surface area contributed by atoms with Crippen LogP contribution in [0.25, 0.3) is 0 Å². The van der Waals surface area contributed by atoms with Gasteiger partial charge in [0.25, 0.3) is 0 Å². The highest BCUT2D eigenvalue weighted by Gasteiger charge is 2.47. The predicted octanol–water partition coefficient (Wildman–Crippen LogP) is 2.54. The molecule has 1 aliphatic rings. The van der Waals surface area contributed by atoms with Crippen LogP contribution in [0.4, 0.5) is 13.2 Å². The molecular weight excluding hydrogens is 275 g/mol. The minimum absolute atomic E-state index is 0.116. The molecule has 1 unspecified atom stereocenters. The Morgan fingerprint density at radius 2 is 2.26 bits per heavy atom. The van der Waals surface area contributed by atoms with Crippen LogP contribution in [0.3, 0.4) is 0 Å². The molecule has 0 aliphatic carbocycles. The molecule has 0 saturated heterocycles. The normalized spacial score (nSPS) is 23.6. The Kier molecular flexibility index (Phi) is 4.46. The first-order valence-electron chi connectivity index (χ1n) is 6.09. The molecule has 0 bridgehead atoms. The van der Waals surface area contributed by atoms with Crippen LogP contribution in [-0.2, 0) is 6.54 Å². The molecule has 2 atom stereocenters. The van der Waals surface area contributed by atoms with Gasteiger partial charge >= 0.3 is 6.18 Å². The fraction of sp³-hybridized carbons (Fsp3) is 0.583. The van der Waals surface area contributed by atoms with Crippen molar-refractivity contribution in [3.05, 3.63) is 22.4 Å². The van der Waals surface area contributed by atoms with Gasteiger partial charge in [0.2, 0.25) is 0 Å². The number of nitrogens with two attached hydrogens (primary N) is 1. The summed E-state index contributed by atoms with van der Waals surface area (Å²) >= 11 is 1.62. The molecule has 1 aliphatic heterocycles. The highest BCUT2D eigenvalue weighted by atomic mass is 32.1. The summed E-state index contributed by atoms with van der Waals surface area (Å²) in [7, 11) is 0. The zero-order valence-corrected chi connectivity index (χ0v) is 11.1. The number of nitrogens with zero attached hydrogens (tertiary/aromatic N) is 1. The maximum atomic E-state index is 12.8. The molecule has 0 amide bonds. The number of rotatable bonds is 5. The molecule has 0 spiro atoms. The van der Waals surface area contributed by atoms with E-state index in [4.69, 9.17) is 5.73 Å². The lowest BCUT2D eigenvalue weighted by Gasteiger charge is -2.20. The van der Waals surface area contributed by atoms with Crippen molar-refractivity contribution in [2.75, 3.05) is 6.54 Å². The maximum absolute atomic E-state index is 12.8. The molecule has 1 aromatic rings. The van der Waals surface area contributed by atoms with E-state index in [-0.39, 0.29) is 12.3 Å². The Morgan fingerprint density at radius 3 is 2.89 bits per heavy atom. The van der Waals surface area contributed by atoms with E-state index >= 15 is 0 Å². The van der Waals surface area contributed by atoms with Crippen LogP contribution in [0.5, 0.6) is 0 Å². The second kappa shape index (κ2) is 5.92. The average Bonchev–Trinajstić information content (AvgIpc) is 2.93. The molecule has 0 aromatic carbocycles. The second-order valence-electron chi connectivity index (χ2n) is 4.58. The predicted molar refractivity (Wildman–Crippen MR) is 70.2 cm³/mol. The lowest BCUT2D eigenvalue weighted by Crippen LogP contribution is -2.32. The Morgan fingerprint density at radius 1 is 1.47 bits per heavy atom. The van der Waals surface area contributed by atoms with Gasteiger partial charge in [-0.25, -0.2) is 0 Å². The van der Waals surface area contributed by atoms with Gasteiger partial charge in [-0.3, -0.25) is 4.99 Å². The summed E-state index contributed by atoms with van der Waals surface area (Å²) in [5, 5.41) is 5.11. The van der Waals surface area contributed by atoms with Crippen molar-refractivity contribution >= 4 is 17.2 Å². The largest absolute Gasteiger partial charge is 0.394 e. The molecule has 2 rings (SSSR count). The van der Waals surface area contributed by atoms with Gasteiger partial charge in [0.05, 0.1) is 17.8 Å². The van der Waals surface area contributed by atoms with Crippen LogP contribution in [0.1, 0.15) is 17.7 Å². The van der Waals surface area contributed by atoms with Gasteiger partial charge in [-0.1, -0.05) is 6.07 Å². The van der Waals surface area contributed by atoms with E-state index in [2.05, 4.69) is 10.3 Å². The number of hydrogen-bond donors (Lipinski definition) is 2. The van der Waals surface area contributed by atoms with Gasteiger partial charge in [-0.2, -0.15) is 13.2 Å². The molecule has 19 heavy (non-hydrogen) atoms. The van der Waals surface area contributed by atoms with E-state index in [1.54, 1.807) is 11.3 Å². The van der Waals surface area contributed by atoms with E-state index in [1.807, 2.05) is 17.5 Å². The Bertz CT molecular complexity index is 428. The standard InChI is InChI=1S/C12H16F3N3S/c13-12(14,15)9-6-11(16)18-10(9)3-4-17-7-8-2-1-5-19-8/h1-2,5,9-10,17H,3-4,6-7H2,(H2,16,18)/t9?,10-/m0/s1. The van der Waals surface area contributed by atoms with E-state index in [9.17, 15) is 13.2 Å². The van der Waals surface area contributed by atoms with E-state index < -0.39 is 18.1 Å². The van der Waals surface area contributed by atoms with Gasteiger partial charge in [0, 0.05) is 17.8 Å². The van der Waals surface area contributed by atoms with Crippen LogP contribution in [0, 0.1) is 5.92 Å². The van der Waals surface area contributed by atoms with Gasteiger partial charge in [0.15, 0.2) is 0 Å². The zero-order valence-electron chi connectivity index (χ0n) is 10.3. The quantitative estimate of drug-likeness (QED) is 0.819. The molecule has 3 nitrogen and oxygen atoms in total. The lowest BCUT2D eigenvalue weighted by atomic mass is 9.96. The average molecular weight is 291 g/mol. The summed E-state index contributed by atoms with van der Waals surface area (Å²) < 4.78 is 38.3. The van der Waals surface area contributed by atoms with E-state index in [0.717, 1.165) is 0 Å². The van der Waals surface area contributed by atoms with Crippen LogP contribution < -0.4 is 11.1 Å². The third kappa shape index (κ3) is 3.94. The lowest BCUT2D eigenvalue weighted by molar-refractivity contribution is -0.175. The van der Waals surface area contributed by atoms with Crippen LogP contribution in [0.15, 0.2) is 22.5 Å². The smallest absolute Gasteiger partial charge is 0.387 e. The fourth-order valence-electron chi connectivity index (χ4n) is 2.19. The van der Waals surface area contributed by atoms with Crippen molar-refractivity contribution in [1.82, 2.24) is 5.32 Å². The molecule has 1 aromatic heterocycles. The van der Waals surface area contributed by atoms with Crippen LogP contribution >= 0.6 is 11.3 Å². The summed E-state index contributed by atoms with van der Waals surface area (Å²) in [6.45, 7) is 1.19. The Hall–Kier alpha value is -1.08. The number of amidine groups is 1. The minimum Gasteiger partial charge on any atom is -0.387 e. The van der Waals surface area contributed by atoms with E-state index in [0.29, 0.717) is 19.5 Å². The number of hydrogen-bond acceptors (Lipinski definition) is 4. The number of nitrogens with one attached hydrogen (secondary N) is 1. The van der Waals surface area contributed by atoms with Crippen molar-refractivity contribution < 1.29 is 13.2 Å². The zero-order chi connectivity index (χ0) is 13.9. The molecule has 106 valence electrons. The molecule has 3 N–H and O–H groups in total. The highest BCUT2D eigenvalue weighted by molar-refractivity contribution is 7.09. The molecule has 7 heteroatoms. The maximum Gasteiger partial charge on any atom is 0.394 e. The number of halogens is 3. The molecule has 0 radical (unpaired) electrons. The number of thiophene rings is 1. The van der Waals surface area contributed by atoms with Crippen molar-refractivity contribution in [1.29, 1.82) is 0 Å². The summed E-state index contributed by atoms with van der Waals surface area (Å²) in [6.07, 6.45) is -4.03. The minimum atomic E-state index is -4.22. The Labute approximate surface area is 113 Å². The van der Waals surface area contributed by atoms with Gasteiger partial charge in [-0.05, 0) is 24.4 Å². The molecular formula is C12H16F3N3S. The van der Waals surface area contributed by atoms with E-state index in [1.165, 1.54) is 4.88 Å². The molecule has 0 saturated carbocycles. The first-order valence-corrected chi connectivity index (χ1v) is 6.96. The van der Waals surface area contributed by atoms with Gasteiger partial charge in [0.1, 0.15) is 0 Å². The van der Waals surface area contributed by atoms with Crippen LogP contribution in [0.2, 0.25) is 0 Å². The fourth-order valence-corrected chi connectivity index (χ4v) is 2.87. The van der Waals surface area contributed by atoms with Gasteiger partial charge < -0.3 is 11.1 Å². The molecule has 0 fully saturated rings. The summed E-state index contributed by atoms with van der Waals surface area (Å²) in [6, 6.07) is 3.20. The van der Waals surface area contributed by atoms with Crippen molar-refractivity contribution in [2.45, 2.75) is 31.6 Å². The van der Waals surface area contributed by atoms with Crippen LogP contribution in [-0.4, -0.2) is 24.6 Å². The first kappa shape index (κ1) is 14.3. The third-order valence-electron chi connectivity index (χ3n) is 3.14.